The molecule has 104 valence electrons. The standard InChI is InChI=1S/C18H15NOSe/c1-14(20)17-12-13-18(21-17)19(15-8-4-2-5-9-15)16-10-6-3-7-11-16/h2-13H,1H3. The molecular formula is C18H15NOSe. The molecule has 3 rings (SSSR count). The van der Waals surface area contributed by atoms with Crippen molar-refractivity contribution < 1.29 is 4.79 Å². The SMILES string of the molecule is CC(=O)c1ccc(N(c2ccccc2)c2ccccc2)[se]1. The van der Waals surface area contributed by atoms with Gasteiger partial charge in [0.15, 0.2) is 0 Å². The molecule has 0 N–H and O–H groups in total. The van der Waals surface area contributed by atoms with Crippen molar-refractivity contribution >= 4 is 36.2 Å². The molecule has 1 aromatic heterocycles. The summed E-state index contributed by atoms with van der Waals surface area (Å²) in [5.41, 5.74) is 2.24. The molecule has 0 aliphatic carbocycles. The summed E-state index contributed by atoms with van der Waals surface area (Å²) < 4.78 is 2.11. The molecule has 0 fully saturated rings. The van der Waals surface area contributed by atoms with Crippen LogP contribution >= 0.6 is 0 Å². The van der Waals surface area contributed by atoms with Gasteiger partial charge >= 0.3 is 130 Å². The number of hydrogen-bond acceptors (Lipinski definition) is 2. The number of para-hydroxylation sites is 2. The summed E-state index contributed by atoms with van der Waals surface area (Å²) >= 11 is 0.0531. The zero-order valence-corrected chi connectivity index (χ0v) is 13.4. The van der Waals surface area contributed by atoms with Crippen molar-refractivity contribution in [3.05, 3.63) is 77.2 Å². The molecule has 0 aliphatic heterocycles. The van der Waals surface area contributed by atoms with Crippen LogP contribution in [-0.4, -0.2) is 20.3 Å². The van der Waals surface area contributed by atoms with Crippen LogP contribution in [0, 0.1) is 0 Å². The van der Waals surface area contributed by atoms with Gasteiger partial charge in [-0.15, -0.1) is 0 Å². The Hall–Kier alpha value is -2.09. The number of ketones is 1. The van der Waals surface area contributed by atoms with E-state index in [9.17, 15) is 4.79 Å². The van der Waals surface area contributed by atoms with Crippen LogP contribution in [0.15, 0.2) is 72.8 Å². The second-order valence-electron chi connectivity index (χ2n) is 4.70. The normalized spacial score (nSPS) is 10.3. The summed E-state index contributed by atoms with van der Waals surface area (Å²) in [7, 11) is 0. The molecular weight excluding hydrogens is 325 g/mol. The Morgan fingerprint density at radius 3 is 1.76 bits per heavy atom. The van der Waals surface area contributed by atoms with Crippen molar-refractivity contribution in [3.63, 3.8) is 0 Å². The summed E-state index contributed by atoms with van der Waals surface area (Å²) in [5, 5.41) is 0. The third-order valence-corrected chi connectivity index (χ3v) is 5.65. The number of benzene rings is 2. The fourth-order valence-electron chi connectivity index (χ4n) is 2.19. The molecule has 0 aliphatic rings. The van der Waals surface area contributed by atoms with Crippen LogP contribution in [-0.2, 0) is 0 Å². The van der Waals surface area contributed by atoms with Crippen LogP contribution in [0.25, 0.3) is 0 Å². The van der Waals surface area contributed by atoms with E-state index < -0.39 is 0 Å². The van der Waals surface area contributed by atoms with Crippen LogP contribution in [0.1, 0.15) is 16.2 Å². The van der Waals surface area contributed by atoms with E-state index in [1.165, 1.54) is 4.56 Å². The van der Waals surface area contributed by atoms with E-state index >= 15 is 0 Å². The van der Waals surface area contributed by atoms with E-state index in [0.717, 1.165) is 15.8 Å². The van der Waals surface area contributed by atoms with E-state index in [-0.39, 0.29) is 20.3 Å². The first kappa shape index (κ1) is 13.9. The molecule has 0 amide bonds. The molecule has 0 bridgehead atoms. The van der Waals surface area contributed by atoms with Gasteiger partial charge in [0.2, 0.25) is 0 Å². The van der Waals surface area contributed by atoms with Gasteiger partial charge in [-0.3, -0.25) is 0 Å². The van der Waals surface area contributed by atoms with Crippen LogP contribution < -0.4 is 4.90 Å². The van der Waals surface area contributed by atoms with Crippen molar-refractivity contribution in [2.75, 3.05) is 4.90 Å². The van der Waals surface area contributed by atoms with Gasteiger partial charge in [0, 0.05) is 0 Å². The molecule has 0 spiro atoms. The van der Waals surface area contributed by atoms with E-state index in [2.05, 4.69) is 35.2 Å². The third kappa shape index (κ3) is 2.99. The van der Waals surface area contributed by atoms with Gasteiger partial charge in [0.25, 0.3) is 0 Å². The zero-order valence-electron chi connectivity index (χ0n) is 11.7. The van der Waals surface area contributed by atoms with Crippen LogP contribution in [0.4, 0.5) is 15.9 Å². The summed E-state index contributed by atoms with van der Waals surface area (Å²) in [6.45, 7) is 1.64. The number of nitrogens with zero attached hydrogens (tertiary/aromatic N) is 1. The predicted molar refractivity (Wildman–Crippen MR) is 88.1 cm³/mol. The van der Waals surface area contributed by atoms with Crippen molar-refractivity contribution in [1.29, 1.82) is 0 Å². The van der Waals surface area contributed by atoms with Crippen molar-refractivity contribution in [1.82, 2.24) is 0 Å². The van der Waals surface area contributed by atoms with Crippen molar-refractivity contribution in [3.8, 4) is 0 Å². The Morgan fingerprint density at radius 1 is 0.810 bits per heavy atom. The fraction of sp³-hybridized carbons (Fsp3) is 0.0556. The first-order valence-corrected chi connectivity index (χ1v) is 8.48. The number of hydrogen-bond donors (Lipinski definition) is 0. The number of rotatable bonds is 4. The monoisotopic (exact) mass is 341 g/mol. The maximum atomic E-state index is 11.6. The van der Waals surface area contributed by atoms with Crippen LogP contribution in [0.2, 0.25) is 0 Å². The number of Topliss-reactive ketones (excluding diaryl/α,β-unsaturated/α-hetero) is 1. The summed E-state index contributed by atoms with van der Waals surface area (Å²) in [4.78, 5) is 13.8. The van der Waals surface area contributed by atoms with Gasteiger partial charge in [-0.2, -0.15) is 0 Å². The molecule has 2 aromatic carbocycles. The van der Waals surface area contributed by atoms with Crippen molar-refractivity contribution in [2.45, 2.75) is 6.92 Å². The van der Waals surface area contributed by atoms with Crippen LogP contribution in [0.5, 0.6) is 0 Å². The Morgan fingerprint density at radius 2 is 1.33 bits per heavy atom. The average Bonchev–Trinajstić information content (AvgIpc) is 3.00. The second kappa shape index (κ2) is 6.13. The number of anilines is 3. The van der Waals surface area contributed by atoms with Gasteiger partial charge in [-0.05, 0) is 0 Å². The molecule has 2 nitrogen and oxygen atoms in total. The van der Waals surface area contributed by atoms with Gasteiger partial charge in [-0.25, -0.2) is 0 Å². The fourth-order valence-corrected chi connectivity index (χ4v) is 4.17. The molecule has 3 heteroatoms. The molecule has 0 saturated heterocycles. The number of carbonyl (C=O) groups excluding carboxylic acids is 1. The average molecular weight is 340 g/mol. The van der Waals surface area contributed by atoms with E-state index in [1.54, 1.807) is 6.92 Å². The first-order valence-electron chi connectivity index (χ1n) is 6.77. The van der Waals surface area contributed by atoms with Gasteiger partial charge < -0.3 is 0 Å². The first-order chi connectivity index (χ1) is 10.3. The summed E-state index contributed by atoms with van der Waals surface area (Å²) in [6, 6.07) is 24.6. The Labute approximate surface area is 130 Å². The molecule has 1 heterocycles. The summed E-state index contributed by atoms with van der Waals surface area (Å²) in [6.07, 6.45) is 0. The van der Waals surface area contributed by atoms with E-state index in [4.69, 9.17) is 0 Å². The van der Waals surface area contributed by atoms with Gasteiger partial charge in [-0.1, -0.05) is 0 Å². The second-order valence-corrected chi connectivity index (χ2v) is 6.93. The number of carbonyl (C=O) groups is 1. The molecule has 0 unspecified atom stereocenters. The van der Waals surface area contributed by atoms with Gasteiger partial charge in [0.1, 0.15) is 0 Å². The van der Waals surface area contributed by atoms with Crippen molar-refractivity contribution in [2.24, 2.45) is 0 Å². The molecule has 0 radical (unpaired) electrons. The Kier molecular flexibility index (Phi) is 4.05. The zero-order chi connectivity index (χ0) is 14.7. The molecule has 21 heavy (non-hydrogen) atoms. The van der Waals surface area contributed by atoms with E-state index in [1.807, 2.05) is 42.5 Å². The minimum absolute atomic E-state index is 0.0531. The third-order valence-electron chi connectivity index (χ3n) is 3.19. The molecule has 0 saturated carbocycles. The molecule has 0 atom stereocenters. The summed E-state index contributed by atoms with van der Waals surface area (Å²) in [5.74, 6) is 0.169. The van der Waals surface area contributed by atoms with Crippen LogP contribution in [0.3, 0.4) is 0 Å². The van der Waals surface area contributed by atoms with Gasteiger partial charge in [0.05, 0.1) is 0 Å². The quantitative estimate of drug-likeness (QED) is 0.518. The Bertz CT molecular complexity index is 695. The Balaban J connectivity index is 2.10. The predicted octanol–water partition coefficient (Wildman–Crippen LogP) is 4.42. The molecule has 3 aromatic rings. The topological polar surface area (TPSA) is 20.3 Å². The van der Waals surface area contributed by atoms with E-state index in [0.29, 0.717) is 0 Å². The maximum absolute atomic E-state index is 11.6. The minimum atomic E-state index is 0.0531.